The van der Waals surface area contributed by atoms with Crippen molar-refractivity contribution in [3.05, 3.63) is 24.3 Å². The molecule has 0 bridgehead atoms. The van der Waals surface area contributed by atoms with Crippen molar-refractivity contribution in [2.24, 2.45) is 5.73 Å². The SMILES string of the molecule is CC(N)CC(C)NC(=O)c1cncnc1. The predicted octanol–water partition coefficient (Wildman–Crippen LogP) is 0.332. The fourth-order valence-corrected chi connectivity index (χ4v) is 1.34. The van der Waals surface area contributed by atoms with Crippen LogP contribution in [-0.4, -0.2) is 28.0 Å². The van der Waals surface area contributed by atoms with E-state index >= 15 is 0 Å². The lowest BCUT2D eigenvalue weighted by atomic mass is 10.1. The van der Waals surface area contributed by atoms with Crippen LogP contribution in [0.3, 0.4) is 0 Å². The number of aromatic nitrogens is 2. The molecule has 0 saturated heterocycles. The lowest BCUT2D eigenvalue weighted by Crippen LogP contribution is -2.36. The lowest BCUT2D eigenvalue weighted by Gasteiger charge is -2.15. The van der Waals surface area contributed by atoms with Gasteiger partial charge in [0.1, 0.15) is 6.33 Å². The summed E-state index contributed by atoms with van der Waals surface area (Å²) >= 11 is 0. The molecule has 2 unspecified atom stereocenters. The molecule has 0 aliphatic rings. The molecular formula is C10H16N4O. The lowest BCUT2D eigenvalue weighted by molar-refractivity contribution is 0.0937. The summed E-state index contributed by atoms with van der Waals surface area (Å²) in [7, 11) is 0. The third-order valence-corrected chi connectivity index (χ3v) is 1.93. The minimum Gasteiger partial charge on any atom is -0.349 e. The van der Waals surface area contributed by atoms with E-state index in [0.29, 0.717) is 5.56 Å². The van der Waals surface area contributed by atoms with Crippen LogP contribution >= 0.6 is 0 Å². The molecular weight excluding hydrogens is 192 g/mol. The summed E-state index contributed by atoms with van der Waals surface area (Å²) in [5.41, 5.74) is 6.10. The van der Waals surface area contributed by atoms with E-state index in [1.165, 1.54) is 18.7 Å². The first kappa shape index (κ1) is 11.6. The number of nitrogens with one attached hydrogen (secondary N) is 1. The first-order chi connectivity index (χ1) is 7.09. The van der Waals surface area contributed by atoms with Gasteiger partial charge in [-0.2, -0.15) is 0 Å². The summed E-state index contributed by atoms with van der Waals surface area (Å²) in [5.74, 6) is -0.163. The molecule has 1 amide bonds. The molecule has 3 N–H and O–H groups in total. The Morgan fingerprint density at radius 3 is 2.60 bits per heavy atom. The smallest absolute Gasteiger partial charge is 0.254 e. The Kier molecular flexibility index (Phi) is 4.17. The third-order valence-electron chi connectivity index (χ3n) is 1.93. The van der Waals surface area contributed by atoms with Gasteiger partial charge in [-0.05, 0) is 20.3 Å². The molecule has 1 heterocycles. The Morgan fingerprint density at radius 1 is 1.47 bits per heavy atom. The molecule has 15 heavy (non-hydrogen) atoms. The topological polar surface area (TPSA) is 80.9 Å². The molecule has 0 spiro atoms. The van der Waals surface area contributed by atoms with Crippen LogP contribution in [0.25, 0.3) is 0 Å². The number of carbonyl (C=O) groups is 1. The second kappa shape index (κ2) is 5.41. The number of nitrogens with zero attached hydrogens (tertiary/aromatic N) is 2. The van der Waals surface area contributed by atoms with Crippen molar-refractivity contribution in [2.75, 3.05) is 0 Å². The van der Waals surface area contributed by atoms with E-state index in [0.717, 1.165) is 6.42 Å². The van der Waals surface area contributed by atoms with Crippen LogP contribution < -0.4 is 11.1 Å². The van der Waals surface area contributed by atoms with Gasteiger partial charge in [-0.15, -0.1) is 0 Å². The average Bonchev–Trinajstić information content (AvgIpc) is 2.17. The molecule has 5 heteroatoms. The van der Waals surface area contributed by atoms with Crippen LogP contribution in [0.4, 0.5) is 0 Å². The zero-order valence-corrected chi connectivity index (χ0v) is 8.97. The molecule has 1 aromatic rings. The fraction of sp³-hybridized carbons (Fsp3) is 0.500. The van der Waals surface area contributed by atoms with Crippen molar-refractivity contribution in [2.45, 2.75) is 32.4 Å². The molecule has 0 radical (unpaired) electrons. The van der Waals surface area contributed by atoms with Crippen LogP contribution in [0.5, 0.6) is 0 Å². The quantitative estimate of drug-likeness (QED) is 0.747. The Bertz CT molecular complexity index is 312. The van der Waals surface area contributed by atoms with Gasteiger partial charge < -0.3 is 11.1 Å². The summed E-state index contributed by atoms with van der Waals surface area (Å²) in [4.78, 5) is 19.2. The van der Waals surface area contributed by atoms with Gasteiger partial charge in [-0.3, -0.25) is 4.79 Å². The highest BCUT2D eigenvalue weighted by Gasteiger charge is 2.10. The first-order valence-corrected chi connectivity index (χ1v) is 4.91. The van der Waals surface area contributed by atoms with E-state index in [2.05, 4.69) is 15.3 Å². The van der Waals surface area contributed by atoms with Crippen LogP contribution in [0.2, 0.25) is 0 Å². The minimum atomic E-state index is -0.163. The number of hydrogen-bond donors (Lipinski definition) is 2. The van der Waals surface area contributed by atoms with Crippen molar-refractivity contribution in [1.82, 2.24) is 15.3 Å². The summed E-state index contributed by atoms with van der Waals surface area (Å²) < 4.78 is 0. The van der Waals surface area contributed by atoms with Gasteiger partial charge in [0.2, 0.25) is 0 Å². The average molecular weight is 208 g/mol. The maximum atomic E-state index is 11.6. The number of rotatable bonds is 4. The monoisotopic (exact) mass is 208 g/mol. The largest absolute Gasteiger partial charge is 0.349 e. The first-order valence-electron chi connectivity index (χ1n) is 4.91. The highest BCUT2D eigenvalue weighted by molar-refractivity contribution is 5.93. The normalized spacial score (nSPS) is 14.3. The number of amides is 1. The second-order valence-electron chi connectivity index (χ2n) is 3.71. The number of nitrogens with two attached hydrogens (primary N) is 1. The van der Waals surface area contributed by atoms with E-state index in [4.69, 9.17) is 5.73 Å². The van der Waals surface area contributed by atoms with Crippen molar-refractivity contribution in [3.63, 3.8) is 0 Å². The number of carbonyl (C=O) groups excluding carboxylic acids is 1. The van der Waals surface area contributed by atoms with Crippen LogP contribution in [-0.2, 0) is 0 Å². The molecule has 2 atom stereocenters. The van der Waals surface area contributed by atoms with Crippen LogP contribution in [0.15, 0.2) is 18.7 Å². The van der Waals surface area contributed by atoms with Gasteiger partial charge in [0.15, 0.2) is 0 Å². The number of hydrogen-bond acceptors (Lipinski definition) is 4. The Morgan fingerprint density at radius 2 is 2.07 bits per heavy atom. The van der Waals surface area contributed by atoms with Crippen molar-refractivity contribution < 1.29 is 4.79 Å². The maximum absolute atomic E-state index is 11.6. The molecule has 1 aromatic heterocycles. The van der Waals surface area contributed by atoms with Gasteiger partial charge in [0, 0.05) is 24.5 Å². The van der Waals surface area contributed by atoms with E-state index < -0.39 is 0 Å². The second-order valence-corrected chi connectivity index (χ2v) is 3.71. The highest BCUT2D eigenvalue weighted by Crippen LogP contribution is 1.98. The molecule has 0 aromatic carbocycles. The van der Waals surface area contributed by atoms with Crippen LogP contribution in [0.1, 0.15) is 30.6 Å². The Hall–Kier alpha value is -1.49. The van der Waals surface area contributed by atoms with Gasteiger partial charge in [-0.1, -0.05) is 0 Å². The van der Waals surface area contributed by atoms with E-state index in [-0.39, 0.29) is 18.0 Å². The summed E-state index contributed by atoms with van der Waals surface area (Å²) in [6.07, 6.45) is 5.11. The summed E-state index contributed by atoms with van der Waals surface area (Å²) in [6, 6.07) is 0.130. The third kappa shape index (κ3) is 4.03. The fourth-order valence-electron chi connectivity index (χ4n) is 1.34. The maximum Gasteiger partial charge on any atom is 0.254 e. The standard InChI is InChI=1S/C10H16N4O/c1-7(11)3-8(2)14-10(15)9-4-12-6-13-5-9/h4-8H,3,11H2,1-2H3,(H,14,15). The van der Waals surface area contributed by atoms with Gasteiger partial charge in [0.05, 0.1) is 5.56 Å². The van der Waals surface area contributed by atoms with Crippen LogP contribution in [0, 0.1) is 0 Å². The van der Waals surface area contributed by atoms with E-state index in [9.17, 15) is 4.79 Å². The minimum absolute atomic E-state index is 0.0534. The van der Waals surface area contributed by atoms with E-state index in [1.807, 2.05) is 13.8 Å². The van der Waals surface area contributed by atoms with Crippen molar-refractivity contribution in [3.8, 4) is 0 Å². The Balaban J connectivity index is 2.49. The van der Waals surface area contributed by atoms with Gasteiger partial charge in [0.25, 0.3) is 5.91 Å². The summed E-state index contributed by atoms with van der Waals surface area (Å²) in [5, 5.41) is 2.83. The summed E-state index contributed by atoms with van der Waals surface area (Å²) in [6.45, 7) is 3.83. The molecule has 0 saturated carbocycles. The molecule has 5 nitrogen and oxygen atoms in total. The Labute approximate surface area is 89.1 Å². The van der Waals surface area contributed by atoms with Crippen molar-refractivity contribution >= 4 is 5.91 Å². The zero-order chi connectivity index (χ0) is 11.3. The molecule has 0 aliphatic heterocycles. The molecule has 82 valence electrons. The molecule has 0 fully saturated rings. The molecule has 0 aliphatic carbocycles. The molecule has 1 rings (SSSR count). The van der Waals surface area contributed by atoms with Gasteiger partial charge in [-0.25, -0.2) is 9.97 Å². The highest BCUT2D eigenvalue weighted by atomic mass is 16.1. The predicted molar refractivity (Wildman–Crippen MR) is 57.2 cm³/mol. The van der Waals surface area contributed by atoms with E-state index in [1.54, 1.807) is 0 Å². The van der Waals surface area contributed by atoms with Gasteiger partial charge >= 0.3 is 0 Å². The zero-order valence-electron chi connectivity index (χ0n) is 8.97. The van der Waals surface area contributed by atoms with Crippen molar-refractivity contribution in [1.29, 1.82) is 0 Å².